The number of carbonyl (C=O) groups excluding carboxylic acids is 1. The van der Waals surface area contributed by atoms with E-state index in [4.69, 9.17) is 27.9 Å². The summed E-state index contributed by atoms with van der Waals surface area (Å²) in [6, 6.07) is 13.0. The van der Waals surface area contributed by atoms with Gasteiger partial charge in [-0.15, -0.1) is 0 Å². The SMILES string of the molecule is CCC(CO)N1C(=O)[C@H](CC(=O)O)OC(c2cccc(Cl)c2)C1c1ccc(Cl)cc1. The van der Waals surface area contributed by atoms with Gasteiger partial charge in [-0.25, -0.2) is 0 Å². The minimum absolute atomic E-state index is 0.256. The van der Waals surface area contributed by atoms with Crippen molar-refractivity contribution in [2.75, 3.05) is 6.61 Å². The van der Waals surface area contributed by atoms with Crippen molar-refractivity contribution in [3.05, 3.63) is 69.7 Å². The van der Waals surface area contributed by atoms with Crippen LogP contribution in [0.3, 0.4) is 0 Å². The molecule has 1 amide bonds. The molecule has 3 unspecified atom stereocenters. The molecule has 160 valence electrons. The first-order valence-electron chi connectivity index (χ1n) is 9.66. The molecule has 1 fully saturated rings. The van der Waals surface area contributed by atoms with Crippen molar-refractivity contribution < 1.29 is 24.5 Å². The van der Waals surface area contributed by atoms with Crippen molar-refractivity contribution in [1.82, 2.24) is 4.90 Å². The van der Waals surface area contributed by atoms with Crippen LogP contribution in [0.5, 0.6) is 0 Å². The maximum atomic E-state index is 13.3. The second-order valence-corrected chi connectivity index (χ2v) is 8.06. The highest BCUT2D eigenvalue weighted by atomic mass is 35.5. The van der Waals surface area contributed by atoms with Crippen LogP contribution in [0.25, 0.3) is 0 Å². The van der Waals surface area contributed by atoms with Crippen LogP contribution in [0.15, 0.2) is 48.5 Å². The third-order valence-electron chi connectivity index (χ3n) is 5.25. The number of hydrogen-bond donors (Lipinski definition) is 2. The smallest absolute Gasteiger partial charge is 0.306 e. The minimum atomic E-state index is -1.17. The van der Waals surface area contributed by atoms with Gasteiger partial charge in [0.05, 0.1) is 25.1 Å². The average molecular weight is 452 g/mol. The van der Waals surface area contributed by atoms with Crippen LogP contribution in [0.1, 0.15) is 43.0 Å². The van der Waals surface area contributed by atoms with Gasteiger partial charge in [0, 0.05) is 10.0 Å². The minimum Gasteiger partial charge on any atom is -0.481 e. The van der Waals surface area contributed by atoms with Crippen molar-refractivity contribution in [2.45, 2.75) is 44.1 Å². The van der Waals surface area contributed by atoms with E-state index in [2.05, 4.69) is 0 Å². The zero-order chi connectivity index (χ0) is 21.8. The third kappa shape index (κ3) is 4.78. The highest BCUT2D eigenvalue weighted by Crippen LogP contribution is 2.44. The highest BCUT2D eigenvalue weighted by molar-refractivity contribution is 6.30. The fraction of sp³-hybridized carbons (Fsp3) is 0.364. The molecule has 1 aliphatic rings. The number of morpholine rings is 1. The molecule has 3 rings (SSSR count). The largest absolute Gasteiger partial charge is 0.481 e. The van der Waals surface area contributed by atoms with Crippen LogP contribution in [0.4, 0.5) is 0 Å². The number of amides is 1. The quantitative estimate of drug-likeness (QED) is 0.656. The Hall–Kier alpha value is -2.12. The molecule has 1 aliphatic heterocycles. The molecular weight excluding hydrogens is 429 g/mol. The van der Waals surface area contributed by atoms with Gasteiger partial charge in [-0.3, -0.25) is 9.59 Å². The standard InChI is InChI=1S/C22H23Cl2NO5/c1-2-17(12-26)25-20(13-6-8-15(23)9-7-13)21(14-4-3-5-16(24)10-14)30-18(22(25)29)11-19(27)28/h3-10,17-18,20-21,26H,2,11-12H2,1H3,(H,27,28)/t17?,18-,20?,21?/m0/s1. The summed E-state index contributed by atoms with van der Waals surface area (Å²) in [5.41, 5.74) is 1.47. The average Bonchev–Trinajstić information content (AvgIpc) is 2.71. The Kier molecular flexibility index (Phi) is 7.36. The molecule has 0 aromatic heterocycles. The number of aliphatic hydroxyl groups is 1. The fourth-order valence-electron chi connectivity index (χ4n) is 3.81. The third-order valence-corrected chi connectivity index (χ3v) is 5.74. The predicted molar refractivity (Wildman–Crippen MR) is 114 cm³/mol. The first kappa shape index (κ1) is 22.6. The van der Waals surface area contributed by atoms with Gasteiger partial charge in [0.1, 0.15) is 12.2 Å². The molecule has 0 radical (unpaired) electrons. The molecular formula is C22H23Cl2NO5. The van der Waals surface area contributed by atoms with E-state index in [1.165, 1.54) is 0 Å². The second-order valence-electron chi connectivity index (χ2n) is 7.18. The zero-order valence-corrected chi connectivity index (χ0v) is 17.9. The van der Waals surface area contributed by atoms with Gasteiger partial charge < -0.3 is 19.8 Å². The zero-order valence-electron chi connectivity index (χ0n) is 16.4. The Bertz CT molecular complexity index is 901. The van der Waals surface area contributed by atoms with E-state index >= 15 is 0 Å². The maximum Gasteiger partial charge on any atom is 0.306 e. The summed E-state index contributed by atoms with van der Waals surface area (Å²) in [5, 5.41) is 20.3. The number of carboxylic acid groups (broad SMARTS) is 1. The normalized spacial score (nSPS) is 22.7. The van der Waals surface area contributed by atoms with Crippen molar-refractivity contribution in [3.8, 4) is 0 Å². The summed E-state index contributed by atoms with van der Waals surface area (Å²) in [4.78, 5) is 26.2. The van der Waals surface area contributed by atoms with E-state index in [-0.39, 0.29) is 6.61 Å². The lowest BCUT2D eigenvalue weighted by Gasteiger charge is -2.47. The number of aliphatic carboxylic acids is 1. The van der Waals surface area contributed by atoms with Gasteiger partial charge in [0.2, 0.25) is 0 Å². The maximum absolute atomic E-state index is 13.3. The summed E-state index contributed by atoms with van der Waals surface area (Å²) in [6.45, 7) is 1.61. The van der Waals surface area contributed by atoms with Crippen LogP contribution in [-0.2, 0) is 14.3 Å². The van der Waals surface area contributed by atoms with Crippen LogP contribution >= 0.6 is 23.2 Å². The molecule has 0 spiro atoms. The van der Waals surface area contributed by atoms with Gasteiger partial charge in [-0.1, -0.05) is 54.4 Å². The summed E-state index contributed by atoms with van der Waals surface area (Å²) < 4.78 is 6.07. The predicted octanol–water partition coefficient (Wildman–Crippen LogP) is 4.25. The molecule has 2 aromatic rings. The number of carbonyl (C=O) groups is 2. The molecule has 30 heavy (non-hydrogen) atoms. The van der Waals surface area contributed by atoms with Crippen molar-refractivity contribution in [1.29, 1.82) is 0 Å². The van der Waals surface area contributed by atoms with Crippen molar-refractivity contribution >= 4 is 35.1 Å². The Morgan fingerprint density at radius 1 is 1.13 bits per heavy atom. The second kappa shape index (κ2) is 9.79. The lowest BCUT2D eigenvalue weighted by atomic mass is 9.89. The summed E-state index contributed by atoms with van der Waals surface area (Å²) in [7, 11) is 0. The van der Waals surface area contributed by atoms with Gasteiger partial charge in [-0.2, -0.15) is 0 Å². The molecule has 8 heteroatoms. The molecule has 6 nitrogen and oxygen atoms in total. The number of aliphatic hydroxyl groups excluding tert-OH is 1. The number of nitrogens with zero attached hydrogens (tertiary/aromatic N) is 1. The van der Waals surface area contributed by atoms with Crippen LogP contribution in [0.2, 0.25) is 10.0 Å². The number of benzene rings is 2. The highest BCUT2D eigenvalue weighted by Gasteiger charge is 2.46. The number of carboxylic acids is 1. The van der Waals surface area contributed by atoms with Crippen molar-refractivity contribution in [2.24, 2.45) is 0 Å². The lowest BCUT2D eigenvalue weighted by Crippen LogP contribution is -2.56. The molecule has 0 aliphatic carbocycles. The molecule has 4 atom stereocenters. The van der Waals surface area contributed by atoms with Crippen LogP contribution in [-0.4, -0.2) is 45.7 Å². The van der Waals surface area contributed by atoms with Crippen molar-refractivity contribution in [3.63, 3.8) is 0 Å². The Morgan fingerprint density at radius 3 is 2.40 bits per heavy atom. The summed E-state index contributed by atoms with van der Waals surface area (Å²) >= 11 is 12.2. The van der Waals surface area contributed by atoms with Gasteiger partial charge >= 0.3 is 5.97 Å². The molecule has 1 heterocycles. The summed E-state index contributed by atoms with van der Waals surface area (Å²) in [5.74, 6) is -1.60. The van der Waals surface area contributed by atoms with Gasteiger partial charge in [0.25, 0.3) is 5.91 Å². The number of hydrogen-bond acceptors (Lipinski definition) is 4. The Labute approximate surface area is 185 Å². The molecule has 0 saturated carbocycles. The van der Waals surface area contributed by atoms with Crippen LogP contribution in [0, 0.1) is 0 Å². The van der Waals surface area contributed by atoms with Crippen LogP contribution < -0.4 is 0 Å². The number of halogens is 2. The lowest BCUT2D eigenvalue weighted by molar-refractivity contribution is -0.184. The van der Waals surface area contributed by atoms with Gasteiger partial charge in [0.15, 0.2) is 0 Å². The number of rotatable bonds is 7. The molecule has 1 saturated heterocycles. The Balaban J connectivity index is 2.16. The molecule has 2 N–H and O–H groups in total. The first-order valence-corrected chi connectivity index (χ1v) is 10.4. The monoisotopic (exact) mass is 451 g/mol. The van der Waals surface area contributed by atoms with Gasteiger partial charge in [-0.05, 0) is 41.8 Å². The summed E-state index contributed by atoms with van der Waals surface area (Å²) in [6.07, 6.45) is -1.82. The van der Waals surface area contributed by atoms with E-state index in [0.717, 1.165) is 5.56 Å². The van der Waals surface area contributed by atoms with E-state index < -0.39 is 42.6 Å². The molecule has 2 aromatic carbocycles. The van der Waals surface area contributed by atoms with E-state index in [1.807, 2.05) is 13.0 Å². The first-order chi connectivity index (χ1) is 14.3. The van der Waals surface area contributed by atoms with E-state index in [1.54, 1.807) is 47.4 Å². The molecule has 0 bridgehead atoms. The topological polar surface area (TPSA) is 87.1 Å². The number of ether oxygens (including phenoxy) is 1. The fourth-order valence-corrected chi connectivity index (χ4v) is 4.14. The van der Waals surface area contributed by atoms with E-state index in [0.29, 0.717) is 22.0 Å². The van der Waals surface area contributed by atoms with E-state index in [9.17, 15) is 19.8 Å². The Morgan fingerprint density at radius 2 is 1.83 bits per heavy atom.